The summed E-state index contributed by atoms with van der Waals surface area (Å²) in [7, 11) is 0. The molecule has 0 saturated heterocycles. The summed E-state index contributed by atoms with van der Waals surface area (Å²) in [5, 5.41) is 29.4. The van der Waals surface area contributed by atoms with Gasteiger partial charge in [0.15, 0.2) is 11.5 Å². The first kappa shape index (κ1) is 14.2. The van der Waals surface area contributed by atoms with Gasteiger partial charge in [0.1, 0.15) is 5.75 Å². The van der Waals surface area contributed by atoms with E-state index in [0.717, 1.165) is 12.0 Å². The highest BCUT2D eigenvalue weighted by Gasteiger charge is 2.15. The van der Waals surface area contributed by atoms with Crippen LogP contribution in [0.1, 0.15) is 38.3 Å². The lowest BCUT2D eigenvalue weighted by atomic mass is 10.0. The van der Waals surface area contributed by atoms with Crippen molar-refractivity contribution in [3.8, 4) is 17.2 Å². The van der Waals surface area contributed by atoms with Gasteiger partial charge in [0.05, 0.1) is 5.56 Å². The van der Waals surface area contributed by atoms with E-state index >= 15 is 0 Å². The Kier molecular flexibility index (Phi) is 4.43. The standard InChI is InChI=1S/C15H20O3/c1-9(2)6-5-7-10(3)13-12(16)8-11(4)14(17)15(13)18/h6-8,16-18H,5H2,1-4H3/b10-7-. The van der Waals surface area contributed by atoms with Gasteiger partial charge in [-0.2, -0.15) is 0 Å². The number of hydrogen-bond acceptors (Lipinski definition) is 3. The van der Waals surface area contributed by atoms with Gasteiger partial charge in [-0.15, -0.1) is 0 Å². The molecule has 3 nitrogen and oxygen atoms in total. The molecule has 1 rings (SSSR count). The molecule has 0 heterocycles. The first-order chi connectivity index (χ1) is 8.34. The van der Waals surface area contributed by atoms with Crippen LogP contribution in [0.2, 0.25) is 0 Å². The van der Waals surface area contributed by atoms with E-state index in [-0.39, 0.29) is 17.2 Å². The SMILES string of the molecule is CC(C)=CC/C=C(/C)c1c(O)cc(C)c(O)c1O. The summed E-state index contributed by atoms with van der Waals surface area (Å²) in [6.07, 6.45) is 4.67. The molecule has 0 bridgehead atoms. The first-order valence-electron chi connectivity index (χ1n) is 5.89. The third-order valence-corrected chi connectivity index (χ3v) is 2.79. The lowest BCUT2D eigenvalue weighted by Gasteiger charge is -2.11. The van der Waals surface area contributed by atoms with Crippen LogP contribution in [0.15, 0.2) is 23.8 Å². The van der Waals surface area contributed by atoms with E-state index in [9.17, 15) is 15.3 Å². The molecular weight excluding hydrogens is 228 g/mol. The monoisotopic (exact) mass is 248 g/mol. The first-order valence-corrected chi connectivity index (χ1v) is 5.89. The van der Waals surface area contributed by atoms with Crippen LogP contribution in [-0.4, -0.2) is 15.3 Å². The zero-order valence-electron chi connectivity index (χ0n) is 11.3. The minimum atomic E-state index is -0.265. The fraction of sp³-hybridized carbons (Fsp3) is 0.333. The van der Waals surface area contributed by atoms with E-state index in [0.29, 0.717) is 11.1 Å². The van der Waals surface area contributed by atoms with Crippen molar-refractivity contribution in [1.29, 1.82) is 0 Å². The van der Waals surface area contributed by atoms with Crippen LogP contribution >= 0.6 is 0 Å². The van der Waals surface area contributed by atoms with E-state index < -0.39 is 0 Å². The van der Waals surface area contributed by atoms with Gasteiger partial charge >= 0.3 is 0 Å². The highest BCUT2D eigenvalue weighted by Crippen LogP contribution is 2.42. The normalized spacial score (nSPS) is 11.4. The van der Waals surface area contributed by atoms with E-state index in [1.807, 2.05) is 26.0 Å². The summed E-state index contributed by atoms with van der Waals surface area (Å²) in [4.78, 5) is 0. The fourth-order valence-electron chi connectivity index (χ4n) is 1.73. The Morgan fingerprint density at radius 3 is 2.22 bits per heavy atom. The van der Waals surface area contributed by atoms with E-state index in [2.05, 4.69) is 0 Å². The predicted molar refractivity (Wildman–Crippen MR) is 73.9 cm³/mol. The Hall–Kier alpha value is -1.90. The van der Waals surface area contributed by atoms with Crippen LogP contribution < -0.4 is 0 Å². The smallest absolute Gasteiger partial charge is 0.169 e. The number of phenols is 3. The van der Waals surface area contributed by atoms with Crippen molar-refractivity contribution in [1.82, 2.24) is 0 Å². The fourth-order valence-corrected chi connectivity index (χ4v) is 1.73. The van der Waals surface area contributed by atoms with Crippen molar-refractivity contribution >= 4 is 5.57 Å². The minimum absolute atomic E-state index is 0.0197. The molecule has 0 aliphatic rings. The van der Waals surface area contributed by atoms with Gasteiger partial charge in [-0.25, -0.2) is 0 Å². The van der Waals surface area contributed by atoms with Gasteiger partial charge in [0.2, 0.25) is 0 Å². The molecule has 0 saturated carbocycles. The largest absolute Gasteiger partial charge is 0.507 e. The van der Waals surface area contributed by atoms with Gasteiger partial charge in [-0.05, 0) is 51.3 Å². The maximum absolute atomic E-state index is 9.87. The van der Waals surface area contributed by atoms with Crippen LogP contribution in [0, 0.1) is 6.92 Å². The van der Waals surface area contributed by atoms with Crippen LogP contribution in [0.4, 0.5) is 0 Å². The number of aryl methyl sites for hydroxylation is 1. The van der Waals surface area contributed by atoms with Crippen LogP contribution in [-0.2, 0) is 0 Å². The Morgan fingerprint density at radius 1 is 1.06 bits per heavy atom. The van der Waals surface area contributed by atoms with Gasteiger partial charge in [-0.1, -0.05) is 17.7 Å². The van der Waals surface area contributed by atoms with Crippen LogP contribution in [0.25, 0.3) is 5.57 Å². The number of hydrogen-bond donors (Lipinski definition) is 3. The molecule has 0 amide bonds. The highest BCUT2D eigenvalue weighted by atomic mass is 16.3. The molecule has 1 aromatic rings. The second-order valence-electron chi connectivity index (χ2n) is 4.69. The van der Waals surface area contributed by atoms with Gasteiger partial charge in [0, 0.05) is 0 Å². The lowest BCUT2D eigenvalue weighted by molar-refractivity contribution is 0.392. The third-order valence-electron chi connectivity index (χ3n) is 2.79. The van der Waals surface area contributed by atoms with E-state index in [4.69, 9.17) is 0 Å². The molecular formula is C15H20O3. The van der Waals surface area contributed by atoms with Crippen molar-refractivity contribution in [3.05, 3.63) is 34.9 Å². The van der Waals surface area contributed by atoms with Crippen LogP contribution in [0.3, 0.4) is 0 Å². The summed E-state index contributed by atoms with van der Waals surface area (Å²) >= 11 is 0. The molecule has 0 fully saturated rings. The summed E-state index contributed by atoms with van der Waals surface area (Å²) < 4.78 is 0. The molecule has 0 spiro atoms. The summed E-state index contributed by atoms with van der Waals surface area (Å²) in [5.41, 5.74) is 2.68. The number of phenolic OH excluding ortho intramolecular Hbond substituents is 3. The number of allylic oxidation sites excluding steroid dienone is 4. The third kappa shape index (κ3) is 3.06. The van der Waals surface area contributed by atoms with E-state index in [1.165, 1.54) is 11.6 Å². The summed E-state index contributed by atoms with van der Waals surface area (Å²) in [6.45, 7) is 7.44. The highest BCUT2D eigenvalue weighted by molar-refractivity contribution is 5.77. The second kappa shape index (κ2) is 5.63. The predicted octanol–water partition coefficient (Wildman–Crippen LogP) is 3.87. The van der Waals surface area contributed by atoms with E-state index in [1.54, 1.807) is 13.8 Å². The Bertz CT molecular complexity index is 507. The molecule has 3 N–H and O–H groups in total. The van der Waals surface area contributed by atoms with Gasteiger partial charge in [-0.3, -0.25) is 0 Å². The minimum Gasteiger partial charge on any atom is -0.507 e. The van der Waals surface area contributed by atoms with Crippen molar-refractivity contribution in [2.24, 2.45) is 0 Å². The molecule has 0 aliphatic heterocycles. The molecule has 18 heavy (non-hydrogen) atoms. The molecule has 0 aliphatic carbocycles. The topological polar surface area (TPSA) is 60.7 Å². The summed E-state index contributed by atoms with van der Waals surface area (Å²) in [6, 6.07) is 1.45. The van der Waals surface area contributed by atoms with Crippen molar-refractivity contribution in [3.63, 3.8) is 0 Å². The maximum atomic E-state index is 9.87. The number of benzene rings is 1. The van der Waals surface area contributed by atoms with Crippen LogP contribution in [0.5, 0.6) is 17.2 Å². The van der Waals surface area contributed by atoms with Gasteiger partial charge < -0.3 is 15.3 Å². The second-order valence-corrected chi connectivity index (χ2v) is 4.69. The van der Waals surface area contributed by atoms with Gasteiger partial charge in [0.25, 0.3) is 0 Å². The lowest BCUT2D eigenvalue weighted by Crippen LogP contribution is -1.87. The van der Waals surface area contributed by atoms with Crippen molar-refractivity contribution in [2.75, 3.05) is 0 Å². The molecule has 3 heteroatoms. The number of aromatic hydroxyl groups is 3. The molecule has 0 atom stereocenters. The molecule has 0 radical (unpaired) electrons. The number of rotatable bonds is 3. The average molecular weight is 248 g/mol. The zero-order chi connectivity index (χ0) is 13.9. The molecule has 0 unspecified atom stereocenters. The Balaban J connectivity index is 3.17. The quantitative estimate of drug-likeness (QED) is 0.432. The van der Waals surface area contributed by atoms with Crippen molar-refractivity contribution < 1.29 is 15.3 Å². The Labute approximate surface area is 108 Å². The average Bonchev–Trinajstić information content (AvgIpc) is 2.25. The Morgan fingerprint density at radius 2 is 1.67 bits per heavy atom. The molecule has 0 aromatic heterocycles. The van der Waals surface area contributed by atoms with Crippen molar-refractivity contribution in [2.45, 2.75) is 34.1 Å². The maximum Gasteiger partial charge on any atom is 0.169 e. The molecule has 98 valence electrons. The summed E-state index contributed by atoms with van der Waals surface area (Å²) in [5.74, 6) is -0.468. The zero-order valence-corrected chi connectivity index (χ0v) is 11.3. The molecule has 1 aromatic carbocycles.